The van der Waals surface area contributed by atoms with Crippen LogP contribution in [0.1, 0.15) is 44.6 Å². The standard InChI is InChI=1S/C21H28ClNO2S2/c1-3-4-5-6-7-19(16-26-20-12-10-18(22)11-13-20)23-27(24,25)21-14-8-17(2)9-15-21/h8-15,19,23H,3-7,16H2,1-2H3. The summed E-state index contributed by atoms with van der Waals surface area (Å²) in [5, 5.41) is 0.704. The summed E-state index contributed by atoms with van der Waals surface area (Å²) < 4.78 is 28.4. The van der Waals surface area contributed by atoms with Crippen LogP contribution in [0.25, 0.3) is 0 Å². The Morgan fingerprint density at radius 1 is 1.00 bits per heavy atom. The van der Waals surface area contributed by atoms with Crippen molar-refractivity contribution in [3.05, 3.63) is 59.1 Å². The normalized spacial score (nSPS) is 12.9. The monoisotopic (exact) mass is 425 g/mol. The van der Waals surface area contributed by atoms with E-state index in [-0.39, 0.29) is 6.04 Å². The number of halogens is 1. The van der Waals surface area contributed by atoms with Crippen molar-refractivity contribution in [3.8, 4) is 0 Å². The van der Waals surface area contributed by atoms with Crippen LogP contribution in [0.15, 0.2) is 58.3 Å². The van der Waals surface area contributed by atoms with E-state index in [9.17, 15) is 8.42 Å². The van der Waals surface area contributed by atoms with Crippen LogP contribution in [0.4, 0.5) is 0 Å². The molecule has 0 saturated carbocycles. The van der Waals surface area contributed by atoms with Crippen LogP contribution in [0.2, 0.25) is 5.02 Å². The van der Waals surface area contributed by atoms with E-state index in [0.717, 1.165) is 29.7 Å². The molecule has 0 aliphatic rings. The summed E-state index contributed by atoms with van der Waals surface area (Å²) in [4.78, 5) is 1.41. The molecule has 0 aliphatic heterocycles. The molecule has 1 unspecified atom stereocenters. The summed E-state index contributed by atoms with van der Waals surface area (Å²) >= 11 is 7.59. The number of aryl methyl sites for hydroxylation is 1. The second-order valence-corrected chi connectivity index (χ2v) is 9.99. The average Bonchev–Trinajstić information content (AvgIpc) is 2.64. The first-order valence-electron chi connectivity index (χ1n) is 9.38. The van der Waals surface area contributed by atoms with Gasteiger partial charge in [0.1, 0.15) is 0 Å². The molecule has 0 aliphatic carbocycles. The third-order valence-corrected chi connectivity index (χ3v) is 7.29. The number of unbranched alkanes of at least 4 members (excludes halogenated alkanes) is 3. The lowest BCUT2D eigenvalue weighted by atomic mass is 10.1. The predicted octanol–water partition coefficient (Wildman–Crippen LogP) is 6.06. The van der Waals surface area contributed by atoms with E-state index in [1.165, 1.54) is 12.8 Å². The maximum absolute atomic E-state index is 12.8. The van der Waals surface area contributed by atoms with E-state index in [1.54, 1.807) is 23.9 Å². The van der Waals surface area contributed by atoms with Crippen LogP contribution < -0.4 is 4.72 Å². The van der Waals surface area contributed by atoms with E-state index >= 15 is 0 Å². The zero-order valence-corrected chi connectivity index (χ0v) is 18.3. The molecule has 0 fully saturated rings. The Morgan fingerprint density at radius 2 is 1.67 bits per heavy atom. The molecule has 2 aromatic rings. The fourth-order valence-corrected chi connectivity index (χ4v) is 5.20. The highest BCUT2D eigenvalue weighted by atomic mass is 35.5. The van der Waals surface area contributed by atoms with Gasteiger partial charge in [0.05, 0.1) is 4.90 Å². The molecule has 0 radical (unpaired) electrons. The molecule has 0 amide bonds. The molecule has 1 atom stereocenters. The molecular formula is C21H28ClNO2S2. The van der Waals surface area contributed by atoms with Gasteiger partial charge in [-0.25, -0.2) is 13.1 Å². The molecule has 27 heavy (non-hydrogen) atoms. The van der Waals surface area contributed by atoms with Crippen LogP contribution in [-0.2, 0) is 10.0 Å². The summed E-state index contributed by atoms with van der Waals surface area (Å²) in [6.07, 6.45) is 5.34. The van der Waals surface area contributed by atoms with Crippen molar-refractivity contribution in [2.45, 2.75) is 61.8 Å². The van der Waals surface area contributed by atoms with E-state index < -0.39 is 10.0 Å². The minimum atomic E-state index is -3.51. The Labute approximate surface area is 173 Å². The molecular weight excluding hydrogens is 398 g/mol. The highest BCUT2D eigenvalue weighted by Crippen LogP contribution is 2.23. The van der Waals surface area contributed by atoms with Gasteiger partial charge < -0.3 is 0 Å². The second-order valence-electron chi connectivity index (χ2n) is 6.75. The molecule has 0 aromatic heterocycles. The predicted molar refractivity (Wildman–Crippen MR) is 116 cm³/mol. The van der Waals surface area contributed by atoms with Crippen molar-refractivity contribution in [1.29, 1.82) is 0 Å². The van der Waals surface area contributed by atoms with Crippen molar-refractivity contribution in [2.75, 3.05) is 5.75 Å². The third kappa shape index (κ3) is 7.86. The molecule has 3 nitrogen and oxygen atoms in total. The van der Waals surface area contributed by atoms with Crippen molar-refractivity contribution in [2.24, 2.45) is 0 Å². The smallest absolute Gasteiger partial charge is 0.207 e. The minimum Gasteiger partial charge on any atom is -0.207 e. The lowest BCUT2D eigenvalue weighted by Gasteiger charge is -2.19. The highest BCUT2D eigenvalue weighted by molar-refractivity contribution is 7.99. The van der Waals surface area contributed by atoms with Crippen LogP contribution in [-0.4, -0.2) is 20.2 Å². The van der Waals surface area contributed by atoms with Gasteiger partial charge in [-0.05, 0) is 49.7 Å². The molecule has 1 N–H and O–H groups in total. The number of rotatable bonds is 11. The molecule has 6 heteroatoms. The lowest BCUT2D eigenvalue weighted by Crippen LogP contribution is -2.36. The number of nitrogens with one attached hydrogen (secondary N) is 1. The number of sulfonamides is 1. The van der Waals surface area contributed by atoms with Gasteiger partial charge in [0.25, 0.3) is 0 Å². The van der Waals surface area contributed by atoms with Gasteiger partial charge in [-0.1, -0.05) is 61.9 Å². The Bertz CT molecular complexity index is 790. The van der Waals surface area contributed by atoms with Gasteiger partial charge in [-0.3, -0.25) is 0 Å². The Hall–Kier alpha value is -1.01. The Morgan fingerprint density at radius 3 is 2.30 bits per heavy atom. The molecule has 2 rings (SSSR count). The zero-order valence-electron chi connectivity index (χ0n) is 15.9. The maximum Gasteiger partial charge on any atom is 0.240 e. The molecule has 2 aromatic carbocycles. The van der Waals surface area contributed by atoms with E-state index in [4.69, 9.17) is 11.6 Å². The van der Waals surface area contributed by atoms with Gasteiger partial charge in [0, 0.05) is 21.7 Å². The lowest BCUT2D eigenvalue weighted by molar-refractivity contribution is 0.525. The fraction of sp³-hybridized carbons (Fsp3) is 0.429. The first kappa shape index (κ1) is 22.3. The van der Waals surface area contributed by atoms with Gasteiger partial charge in [-0.15, -0.1) is 11.8 Å². The van der Waals surface area contributed by atoms with Gasteiger partial charge in [0.15, 0.2) is 0 Å². The largest absolute Gasteiger partial charge is 0.240 e. The molecule has 0 heterocycles. The van der Waals surface area contributed by atoms with E-state index in [0.29, 0.717) is 15.7 Å². The molecule has 0 spiro atoms. The summed E-state index contributed by atoms with van der Waals surface area (Å²) in [7, 11) is -3.51. The summed E-state index contributed by atoms with van der Waals surface area (Å²) in [6.45, 7) is 4.12. The molecule has 0 saturated heterocycles. The van der Waals surface area contributed by atoms with E-state index in [2.05, 4.69) is 11.6 Å². The quantitative estimate of drug-likeness (QED) is 0.351. The van der Waals surface area contributed by atoms with Gasteiger partial charge in [-0.2, -0.15) is 0 Å². The Kier molecular flexibility index (Phi) is 9.16. The van der Waals surface area contributed by atoms with Crippen molar-refractivity contribution < 1.29 is 8.42 Å². The van der Waals surface area contributed by atoms with Gasteiger partial charge in [0.2, 0.25) is 10.0 Å². The molecule has 148 valence electrons. The summed E-state index contributed by atoms with van der Waals surface area (Å²) in [5.74, 6) is 0.693. The SMILES string of the molecule is CCCCCCC(CSc1ccc(Cl)cc1)NS(=O)(=O)c1ccc(C)cc1. The van der Waals surface area contributed by atoms with E-state index in [1.807, 2.05) is 43.3 Å². The second kappa shape index (κ2) is 11.1. The third-order valence-electron chi connectivity index (χ3n) is 4.32. The maximum atomic E-state index is 12.8. The number of hydrogen-bond donors (Lipinski definition) is 1. The summed E-state index contributed by atoms with van der Waals surface area (Å²) in [5.41, 5.74) is 1.04. The van der Waals surface area contributed by atoms with Crippen LogP contribution in [0.5, 0.6) is 0 Å². The Balaban J connectivity index is 2.03. The van der Waals surface area contributed by atoms with Crippen LogP contribution >= 0.6 is 23.4 Å². The average molecular weight is 426 g/mol. The summed E-state index contributed by atoms with van der Waals surface area (Å²) in [6, 6.07) is 14.5. The number of thioether (sulfide) groups is 1. The van der Waals surface area contributed by atoms with Crippen LogP contribution in [0.3, 0.4) is 0 Å². The van der Waals surface area contributed by atoms with Crippen molar-refractivity contribution in [1.82, 2.24) is 4.72 Å². The zero-order chi connectivity index (χ0) is 19.7. The van der Waals surface area contributed by atoms with Crippen molar-refractivity contribution in [3.63, 3.8) is 0 Å². The topological polar surface area (TPSA) is 46.2 Å². The first-order chi connectivity index (χ1) is 12.9. The van der Waals surface area contributed by atoms with Crippen LogP contribution in [0, 0.1) is 6.92 Å². The van der Waals surface area contributed by atoms with Gasteiger partial charge >= 0.3 is 0 Å². The number of benzene rings is 2. The number of hydrogen-bond acceptors (Lipinski definition) is 3. The fourth-order valence-electron chi connectivity index (χ4n) is 2.73. The minimum absolute atomic E-state index is 0.103. The molecule has 0 bridgehead atoms. The highest BCUT2D eigenvalue weighted by Gasteiger charge is 2.20. The van der Waals surface area contributed by atoms with Crippen molar-refractivity contribution >= 4 is 33.4 Å². The first-order valence-corrected chi connectivity index (χ1v) is 12.2.